The highest BCUT2D eigenvalue weighted by Crippen LogP contribution is 2.28. The standard InChI is InChI=1S/C13H28N2O/c1-5-7-13(6-2,10-14)15-8-11(3)16-12(4)9-15/h11-12H,5-10,14H2,1-4H3/t11-,12+,13?. The van der Waals surface area contributed by atoms with E-state index in [2.05, 4.69) is 32.6 Å². The van der Waals surface area contributed by atoms with Gasteiger partial charge in [-0.1, -0.05) is 20.3 Å². The molecule has 0 aromatic rings. The van der Waals surface area contributed by atoms with Gasteiger partial charge in [0, 0.05) is 25.2 Å². The second-order valence-corrected chi connectivity index (χ2v) is 5.19. The lowest BCUT2D eigenvalue weighted by molar-refractivity contribution is -0.103. The van der Waals surface area contributed by atoms with Crippen molar-refractivity contribution in [1.29, 1.82) is 0 Å². The molecule has 1 aliphatic heterocycles. The van der Waals surface area contributed by atoms with E-state index in [0.29, 0.717) is 12.2 Å². The van der Waals surface area contributed by atoms with Gasteiger partial charge in [-0.3, -0.25) is 4.90 Å². The zero-order chi connectivity index (χ0) is 12.2. The molecule has 1 rings (SSSR count). The van der Waals surface area contributed by atoms with Gasteiger partial charge in [0.2, 0.25) is 0 Å². The highest BCUT2D eigenvalue weighted by molar-refractivity contribution is 4.93. The normalized spacial score (nSPS) is 31.3. The summed E-state index contributed by atoms with van der Waals surface area (Å²) in [5, 5.41) is 0. The summed E-state index contributed by atoms with van der Waals surface area (Å²) in [4.78, 5) is 2.56. The topological polar surface area (TPSA) is 38.5 Å². The summed E-state index contributed by atoms with van der Waals surface area (Å²) in [5.74, 6) is 0. The fourth-order valence-corrected chi connectivity index (χ4v) is 2.96. The SMILES string of the molecule is CCCC(CC)(CN)N1C[C@@H](C)O[C@@H](C)C1. The van der Waals surface area contributed by atoms with Crippen molar-refractivity contribution in [3.8, 4) is 0 Å². The molecule has 96 valence electrons. The number of rotatable bonds is 5. The summed E-state index contributed by atoms with van der Waals surface area (Å²) in [7, 11) is 0. The van der Waals surface area contributed by atoms with E-state index in [1.807, 2.05) is 0 Å². The summed E-state index contributed by atoms with van der Waals surface area (Å²) >= 11 is 0. The molecule has 0 saturated carbocycles. The van der Waals surface area contributed by atoms with Crippen molar-refractivity contribution >= 4 is 0 Å². The molecule has 3 atom stereocenters. The van der Waals surface area contributed by atoms with Gasteiger partial charge < -0.3 is 10.5 Å². The predicted octanol–water partition coefficient (Wildman–Crippen LogP) is 2.00. The summed E-state index contributed by atoms with van der Waals surface area (Å²) < 4.78 is 5.80. The van der Waals surface area contributed by atoms with Crippen molar-refractivity contribution in [2.75, 3.05) is 19.6 Å². The molecule has 0 amide bonds. The summed E-state index contributed by atoms with van der Waals surface area (Å²) in [6, 6.07) is 0. The zero-order valence-corrected chi connectivity index (χ0v) is 11.3. The molecule has 2 N–H and O–H groups in total. The van der Waals surface area contributed by atoms with Gasteiger partial charge >= 0.3 is 0 Å². The maximum atomic E-state index is 6.04. The monoisotopic (exact) mass is 228 g/mol. The minimum atomic E-state index is 0.195. The highest BCUT2D eigenvalue weighted by atomic mass is 16.5. The molecule has 16 heavy (non-hydrogen) atoms. The minimum absolute atomic E-state index is 0.195. The quantitative estimate of drug-likeness (QED) is 0.782. The van der Waals surface area contributed by atoms with Gasteiger partial charge in [-0.2, -0.15) is 0 Å². The average Bonchev–Trinajstić information content (AvgIpc) is 2.24. The van der Waals surface area contributed by atoms with E-state index in [0.717, 1.165) is 26.1 Å². The van der Waals surface area contributed by atoms with Crippen LogP contribution in [0.4, 0.5) is 0 Å². The number of hydrogen-bond donors (Lipinski definition) is 1. The molecule has 1 unspecified atom stereocenters. The van der Waals surface area contributed by atoms with Crippen LogP contribution < -0.4 is 5.73 Å². The third-order valence-electron chi connectivity index (χ3n) is 3.84. The number of nitrogens with two attached hydrogens (primary N) is 1. The lowest BCUT2D eigenvalue weighted by Crippen LogP contribution is -2.60. The van der Waals surface area contributed by atoms with Crippen LogP contribution in [-0.2, 0) is 4.74 Å². The Kier molecular flexibility index (Phi) is 5.22. The van der Waals surface area contributed by atoms with E-state index >= 15 is 0 Å². The predicted molar refractivity (Wildman–Crippen MR) is 68.6 cm³/mol. The largest absolute Gasteiger partial charge is 0.373 e. The van der Waals surface area contributed by atoms with E-state index in [1.165, 1.54) is 12.8 Å². The van der Waals surface area contributed by atoms with Crippen LogP contribution >= 0.6 is 0 Å². The molecule has 1 fully saturated rings. The molecule has 1 saturated heterocycles. The van der Waals surface area contributed by atoms with Gasteiger partial charge in [0.1, 0.15) is 0 Å². The Hall–Kier alpha value is -0.120. The number of ether oxygens (including phenoxy) is 1. The molecule has 0 spiro atoms. The fraction of sp³-hybridized carbons (Fsp3) is 1.00. The van der Waals surface area contributed by atoms with E-state index in [1.54, 1.807) is 0 Å². The van der Waals surface area contributed by atoms with Crippen LogP contribution in [0.15, 0.2) is 0 Å². The first-order chi connectivity index (χ1) is 7.57. The van der Waals surface area contributed by atoms with Gasteiger partial charge in [0.25, 0.3) is 0 Å². The number of nitrogens with zero attached hydrogens (tertiary/aromatic N) is 1. The van der Waals surface area contributed by atoms with Gasteiger partial charge in [-0.25, -0.2) is 0 Å². The first-order valence-corrected chi connectivity index (χ1v) is 6.68. The molecular weight excluding hydrogens is 200 g/mol. The molecular formula is C13H28N2O. The van der Waals surface area contributed by atoms with Crippen molar-refractivity contribution in [3.63, 3.8) is 0 Å². The molecule has 0 bridgehead atoms. The molecule has 0 radical (unpaired) electrons. The summed E-state index contributed by atoms with van der Waals surface area (Å²) in [6.45, 7) is 11.6. The van der Waals surface area contributed by atoms with E-state index in [9.17, 15) is 0 Å². The Morgan fingerprint density at radius 3 is 2.19 bits per heavy atom. The third kappa shape index (κ3) is 2.96. The Morgan fingerprint density at radius 1 is 1.25 bits per heavy atom. The number of hydrogen-bond acceptors (Lipinski definition) is 3. The molecule has 3 heteroatoms. The number of morpholine rings is 1. The van der Waals surface area contributed by atoms with E-state index in [-0.39, 0.29) is 5.54 Å². The van der Waals surface area contributed by atoms with Gasteiger partial charge in [0.15, 0.2) is 0 Å². The van der Waals surface area contributed by atoms with E-state index < -0.39 is 0 Å². The van der Waals surface area contributed by atoms with Crippen molar-refractivity contribution < 1.29 is 4.74 Å². The first kappa shape index (κ1) is 13.9. The second kappa shape index (κ2) is 5.99. The highest BCUT2D eigenvalue weighted by Gasteiger charge is 2.37. The minimum Gasteiger partial charge on any atom is -0.373 e. The first-order valence-electron chi connectivity index (χ1n) is 6.68. The Balaban J connectivity index is 2.76. The Labute approximate surface area is 100 Å². The van der Waals surface area contributed by atoms with Gasteiger partial charge in [-0.15, -0.1) is 0 Å². The van der Waals surface area contributed by atoms with Crippen LogP contribution in [-0.4, -0.2) is 42.3 Å². The molecule has 0 aromatic carbocycles. The molecule has 0 aliphatic carbocycles. The summed E-state index contributed by atoms with van der Waals surface area (Å²) in [5.41, 5.74) is 6.24. The van der Waals surface area contributed by atoms with Crippen LogP contribution in [0.2, 0.25) is 0 Å². The van der Waals surface area contributed by atoms with Gasteiger partial charge in [-0.05, 0) is 26.7 Å². The third-order valence-corrected chi connectivity index (χ3v) is 3.84. The summed E-state index contributed by atoms with van der Waals surface area (Å²) in [6.07, 6.45) is 4.19. The lowest BCUT2D eigenvalue weighted by Gasteiger charge is -2.48. The smallest absolute Gasteiger partial charge is 0.0678 e. The molecule has 3 nitrogen and oxygen atoms in total. The van der Waals surface area contributed by atoms with Crippen molar-refractivity contribution in [2.24, 2.45) is 5.73 Å². The van der Waals surface area contributed by atoms with E-state index in [4.69, 9.17) is 10.5 Å². The second-order valence-electron chi connectivity index (χ2n) is 5.19. The molecule has 0 aromatic heterocycles. The lowest BCUT2D eigenvalue weighted by atomic mass is 9.87. The van der Waals surface area contributed by atoms with Crippen molar-refractivity contribution in [3.05, 3.63) is 0 Å². The molecule has 1 heterocycles. The van der Waals surface area contributed by atoms with Crippen molar-refractivity contribution in [1.82, 2.24) is 4.90 Å². The maximum Gasteiger partial charge on any atom is 0.0678 e. The maximum absolute atomic E-state index is 6.04. The Morgan fingerprint density at radius 2 is 1.81 bits per heavy atom. The average molecular weight is 228 g/mol. The van der Waals surface area contributed by atoms with Crippen LogP contribution in [0.3, 0.4) is 0 Å². The van der Waals surface area contributed by atoms with Crippen molar-refractivity contribution in [2.45, 2.75) is 64.7 Å². The van der Waals surface area contributed by atoms with Crippen LogP contribution in [0.5, 0.6) is 0 Å². The van der Waals surface area contributed by atoms with Crippen LogP contribution in [0.1, 0.15) is 47.0 Å². The van der Waals surface area contributed by atoms with Crippen LogP contribution in [0.25, 0.3) is 0 Å². The fourth-order valence-electron chi connectivity index (χ4n) is 2.96. The zero-order valence-electron chi connectivity index (χ0n) is 11.3. The van der Waals surface area contributed by atoms with Crippen LogP contribution in [0, 0.1) is 0 Å². The van der Waals surface area contributed by atoms with Gasteiger partial charge in [0.05, 0.1) is 12.2 Å². The molecule has 1 aliphatic rings. The Bertz CT molecular complexity index is 194.